The van der Waals surface area contributed by atoms with E-state index in [2.05, 4.69) is 9.55 Å². The van der Waals surface area contributed by atoms with E-state index in [-0.39, 0.29) is 6.10 Å². The van der Waals surface area contributed by atoms with Gasteiger partial charge in [0.15, 0.2) is 0 Å². The topological polar surface area (TPSA) is 53.1 Å². The number of nitrogens with two attached hydrogens (primary N) is 1. The Morgan fingerprint density at radius 1 is 1.35 bits per heavy atom. The van der Waals surface area contributed by atoms with Crippen LogP contribution >= 0.6 is 0 Å². The van der Waals surface area contributed by atoms with Gasteiger partial charge in [-0.3, -0.25) is 0 Å². The number of rotatable bonds is 4. The monoisotopic (exact) mass is 271 g/mol. The van der Waals surface area contributed by atoms with Crippen LogP contribution in [0.1, 0.15) is 38.6 Å². The van der Waals surface area contributed by atoms with Gasteiger partial charge in [0.05, 0.1) is 6.10 Å². The second-order valence-corrected chi connectivity index (χ2v) is 5.69. The largest absolute Gasteiger partial charge is 0.491 e. The van der Waals surface area contributed by atoms with Crippen LogP contribution < -0.4 is 10.5 Å². The molecule has 0 spiro atoms. The van der Waals surface area contributed by atoms with Crippen molar-refractivity contribution in [3.8, 4) is 17.0 Å². The van der Waals surface area contributed by atoms with E-state index in [1.54, 1.807) is 0 Å². The zero-order chi connectivity index (χ0) is 14.3. The molecule has 0 radical (unpaired) electrons. The van der Waals surface area contributed by atoms with Gasteiger partial charge in [-0.1, -0.05) is 12.1 Å². The molecule has 1 aliphatic rings. The van der Waals surface area contributed by atoms with Gasteiger partial charge in [0, 0.05) is 11.6 Å². The van der Waals surface area contributed by atoms with Gasteiger partial charge >= 0.3 is 0 Å². The molecule has 0 aliphatic heterocycles. The molecule has 0 amide bonds. The lowest BCUT2D eigenvalue weighted by molar-refractivity contribution is 0.242. The fraction of sp³-hybridized carbons (Fsp3) is 0.438. The second-order valence-electron chi connectivity index (χ2n) is 5.69. The highest BCUT2D eigenvalue weighted by Gasteiger charge is 2.28. The van der Waals surface area contributed by atoms with Gasteiger partial charge in [0.1, 0.15) is 23.1 Å². The maximum atomic E-state index is 6.29. The quantitative estimate of drug-likeness (QED) is 0.925. The summed E-state index contributed by atoms with van der Waals surface area (Å²) in [7, 11) is 0. The summed E-state index contributed by atoms with van der Waals surface area (Å²) < 4.78 is 7.90. The number of hydrogen-bond acceptors (Lipinski definition) is 3. The van der Waals surface area contributed by atoms with Crippen LogP contribution in [0, 0.1) is 6.92 Å². The number of anilines is 1. The Kier molecular flexibility index (Phi) is 3.16. The molecule has 1 aliphatic carbocycles. The molecule has 2 aromatic rings. The molecule has 1 aromatic carbocycles. The minimum Gasteiger partial charge on any atom is -0.491 e. The fourth-order valence-corrected chi connectivity index (χ4v) is 2.56. The molecule has 1 aromatic heterocycles. The van der Waals surface area contributed by atoms with E-state index in [1.165, 1.54) is 12.8 Å². The Bertz CT molecular complexity index is 627. The number of hydrogen-bond donors (Lipinski definition) is 1. The molecule has 20 heavy (non-hydrogen) atoms. The first kappa shape index (κ1) is 13.0. The van der Waals surface area contributed by atoms with Crippen molar-refractivity contribution in [2.75, 3.05) is 5.73 Å². The van der Waals surface area contributed by atoms with Crippen molar-refractivity contribution in [2.45, 2.75) is 45.8 Å². The third-order valence-electron chi connectivity index (χ3n) is 3.52. The molecule has 0 saturated heterocycles. The third kappa shape index (κ3) is 2.38. The minimum atomic E-state index is 0.161. The predicted octanol–water partition coefficient (Wildman–Crippen LogP) is 3.56. The maximum absolute atomic E-state index is 6.29. The van der Waals surface area contributed by atoms with Crippen LogP contribution in [0.2, 0.25) is 0 Å². The van der Waals surface area contributed by atoms with Crippen LogP contribution in [-0.2, 0) is 0 Å². The maximum Gasteiger partial charge on any atom is 0.131 e. The minimum absolute atomic E-state index is 0.161. The van der Waals surface area contributed by atoms with Crippen LogP contribution in [-0.4, -0.2) is 15.7 Å². The summed E-state index contributed by atoms with van der Waals surface area (Å²) in [6.07, 6.45) is 2.57. The van der Waals surface area contributed by atoms with Crippen LogP contribution in [0.4, 0.5) is 5.82 Å². The molecule has 4 nitrogen and oxygen atoms in total. The Hall–Kier alpha value is -1.97. The highest BCUT2D eigenvalue weighted by molar-refractivity contribution is 5.72. The Labute approximate surface area is 119 Å². The van der Waals surface area contributed by atoms with Gasteiger partial charge in [-0.25, -0.2) is 4.98 Å². The number of nitrogen functional groups attached to an aromatic ring is 1. The van der Waals surface area contributed by atoms with E-state index in [0.29, 0.717) is 6.04 Å². The van der Waals surface area contributed by atoms with Crippen molar-refractivity contribution in [1.29, 1.82) is 0 Å². The Morgan fingerprint density at radius 3 is 2.75 bits per heavy atom. The van der Waals surface area contributed by atoms with Crippen molar-refractivity contribution >= 4 is 5.82 Å². The summed E-state index contributed by atoms with van der Waals surface area (Å²) in [5, 5.41) is 0. The third-order valence-corrected chi connectivity index (χ3v) is 3.52. The Morgan fingerprint density at radius 2 is 2.10 bits per heavy atom. The summed E-state index contributed by atoms with van der Waals surface area (Å²) >= 11 is 0. The van der Waals surface area contributed by atoms with Crippen LogP contribution in [0.25, 0.3) is 11.3 Å². The van der Waals surface area contributed by atoms with Crippen molar-refractivity contribution in [3.05, 3.63) is 30.1 Å². The number of benzene rings is 1. The second kappa shape index (κ2) is 4.85. The zero-order valence-corrected chi connectivity index (χ0v) is 12.3. The van der Waals surface area contributed by atoms with Gasteiger partial charge in [0.2, 0.25) is 0 Å². The van der Waals surface area contributed by atoms with E-state index in [0.717, 1.165) is 28.6 Å². The van der Waals surface area contributed by atoms with E-state index in [1.807, 2.05) is 45.0 Å². The van der Waals surface area contributed by atoms with E-state index >= 15 is 0 Å². The molecule has 2 N–H and O–H groups in total. The fourth-order valence-electron chi connectivity index (χ4n) is 2.56. The first-order valence-corrected chi connectivity index (χ1v) is 7.17. The average Bonchev–Trinajstić information content (AvgIpc) is 3.16. The molecule has 1 saturated carbocycles. The molecule has 106 valence electrons. The van der Waals surface area contributed by atoms with Gasteiger partial charge < -0.3 is 15.0 Å². The molecular weight excluding hydrogens is 250 g/mol. The number of aryl methyl sites for hydroxylation is 1. The molecule has 3 rings (SSSR count). The zero-order valence-electron chi connectivity index (χ0n) is 12.3. The molecule has 4 heteroatoms. The highest BCUT2D eigenvalue weighted by Crippen LogP contribution is 2.40. The SMILES string of the molecule is Cc1nc(-c2cccc(OC(C)C)c2)c(N)n1C1CC1. The summed E-state index contributed by atoms with van der Waals surface area (Å²) in [6.45, 7) is 6.06. The predicted molar refractivity (Wildman–Crippen MR) is 80.8 cm³/mol. The first-order valence-electron chi connectivity index (χ1n) is 7.17. The van der Waals surface area contributed by atoms with E-state index in [4.69, 9.17) is 10.5 Å². The van der Waals surface area contributed by atoms with Gasteiger partial charge in [-0.15, -0.1) is 0 Å². The lowest BCUT2D eigenvalue weighted by atomic mass is 10.1. The smallest absolute Gasteiger partial charge is 0.131 e. The van der Waals surface area contributed by atoms with Crippen molar-refractivity contribution in [3.63, 3.8) is 0 Å². The number of ether oxygens (including phenoxy) is 1. The molecular formula is C16H21N3O. The van der Waals surface area contributed by atoms with Crippen molar-refractivity contribution in [1.82, 2.24) is 9.55 Å². The van der Waals surface area contributed by atoms with Crippen LogP contribution in [0.15, 0.2) is 24.3 Å². The highest BCUT2D eigenvalue weighted by atomic mass is 16.5. The molecule has 0 atom stereocenters. The average molecular weight is 271 g/mol. The normalized spacial score (nSPS) is 14.8. The first-order chi connectivity index (χ1) is 9.56. The van der Waals surface area contributed by atoms with Crippen molar-refractivity contribution in [2.24, 2.45) is 0 Å². The summed E-state index contributed by atoms with van der Waals surface area (Å²) in [6, 6.07) is 8.53. The van der Waals surface area contributed by atoms with E-state index < -0.39 is 0 Å². The lowest BCUT2D eigenvalue weighted by Gasteiger charge is -2.10. The number of imidazole rings is 1. The number of nitrogens with zero attached hydrogens (tertiary/aromatic N) is 2. The summed E-state index contributed by atoms with van der Waals surface area (Å²) in [5.74, 6) is 2.62. The van der Waals surface area contributed by atoms with Gasteiger partial charge in [-0.2, -0.15) is 0 Å². The lowest BCUT2D eigenvalue weighted by Crippen LogP contribution is -2.05. The number of aromatic nitrogens is 2. The van der Waals surface area contributed by atoms with E-state index in [9.17, 15) is 0 Å². The van der Waals surface area contributed by atoms with Crippen LogP contribution in [0.3, 0.4) is 0 Å². The molecule has 1 heterocycles. The molecule has 1 fully saturated rings. The van der Waals surface area contributed by atoms with Crippen molar-refractivity contribution < 1.29 is 4.74 Å². The summed E-state index contributed by atoms with van der Waals surface area (Å²) in [4.78, 5) is 4.64. The molecule has 0 unspecified atom stereocenters. The van der Waals surface area contributed by atoms with Gasteiger partial charge in [-0.05, 0) is 45.7 Å². The van der Waals surface area contributed by atoms with Gasteiger partial charge in [0.25, 0.3) is 0 Å². The summed E-state index contributed by atoms with van der Waals surface area (Å²) in [5.41, 5.74) is 8.17. The standard InChI is InChI=1S/C16H21N3O/c1-10(2)20-14-6-4-5-12(9-14)15-16(17)19(11(3)18-15)13-7-8-13/h4-6,9-10,13H,7-8,17H2,1-3H3. The molecule has 0 bridgehead atoms. The van der Waals surface area contributed by atoms with Crippen LogP contribution in [0.5, 0.6) is 5.75 Å². The Balaban J connectivity index is 1.98.